The van der Waals surface area contributed by atoms with E-state index in [4.69, 9.17) is 4.74 Å². The molecule has 1 unspecified atom stereocenters. The molecule has 1 aliphatic heterocycles. The van der Waals surface area contributed by atoms with E-state index in [1.165, 1.54) is 0 Å². The van der Waals surface area contributed by atoms with Crippen LogP contribution in [0.4, 0.5) is 11.4 Å². The van der Waals surface area contributed by atoms with Gasteiger partial charge in [-0.15, -0.1) is 6.58 Å². The van der Waals surface area contributed by atoms with Crippen molar-refractivity contribution in [3.63, 3.8) is 0 Å². The zero-order valence-corrected chi connectivity index (χ0v) is 14.8. The Morgan fingerprint density at radius 2 is 2.04 bits per heavy atom. The molecule has 26 heavy (non-hydrogen) atoms. The number of carbonyl (C=O) groups excluding carboxylic acids is 2. The summed E-state index contributed by atoms with van der Waals surface area (Å²) in [5.74, 6) is 0.437. The number of rotatable bonds is 6. The molecule has 0 aromatic heterocycles. The van der Waals surface area contributed by atoms with E-state index in [-0.39, 0.29) is 11.8 Å². The van der Waals surface area contributed by atoms with Crippen LogP contribution < -0.4 is 15.0 Å². The number of carbonyl (C=O) groups is 2. The maximum absolute atomic E-state index is 12.3. The molecule has 1 atom stereocenters. The first-order chi connectivity index (χ1) is 12.6. The SMILES string of the molecule is C=CCN1C(=O)C(C)Oc2ccc(NC(=O)CCc3ccccc3)cc21. The van der Waals surface area contributed by atoms with E-state index in [9.17, 15) is 9.59 Å². The van der Waals surface area contributed by atoms with Gasteiger partial charge in [0.15, 0.2) is 6.10 Å². The molecule has 0 saturated carbocycles. The summed E-state index contributed by atoms with van der Waals surface area (Å²) in [7, 11) is 0. The fourth-order valence-electron chi connectivity index (χ4n) is 2.93. The average Bonchev–Trinajstić information content (AvgIpc) is 2.65. The van der Waals surface area contributed by atoms with Crippen LogP contribution in [0.1, 0.15) is 18.9 Å². The molecule has 2 amide bonds. The number of hydrogen-bond acceptors (Lipinski definition) is 3. The van der Waals surface area contributed by atoms with Crippen molar-refractivity contribution in [1.82, 2.24) is 0 Å². The van der Waals surface area contributed by atoms with E-state index in [2.05, 4.69) is 11.9 Å². The first-order valence-electron chi connectivity index (χ1n) is 8.65. The lowest BCUT2D eigenvalue weighted by molar-refractivity contribution is -0.125. The van der Waals surface area contributed by atoms with Gasteiger partial charge in [-0.3, -0.25) is 9.59 Å². The van der Waals surface area contributed by atoms with Gasteiger partial charge in [-0.05, 0) is 37.1 Å². The number of fused-ring (bicyclic) bond motifs is 1. The minimum Gasteiger partial charge on any atom is -0.479 e. The van der Waals surface area contributed by atoms with Crippen LogP contribution in [0.3, 0.4) is 0 Å². The molecule has 0 fully saturated rings. The van der Waals surface area contributed by atoms with Crippen LogP contribution in [-0.2, 0) is 16.0 Å². The lowest BCUT2D eigenvalue weighted by atomic mass is 10.1. The van der Waals surface area contributed by atoms with Gasteiger partial charge in [0.05, 0.1) is 5.69 Å². The Morgan fingerprint density at radius 1 is 1.27 bits per heavy atom. The van der Waals surface area contributed by atoms with Gasteiger partial charge < -0.3 is 15.0 Å². The molecule has 134 valence electrons. The second-order valence-electron chi connectivity index (χ2n) is 6.21. The van der Waals surface area contributed by atoms with E-state index in [0.29, 0.717) is 36.5 Å². The average molecular weight is 350 g/mol. The van der Waals surface area contributed by atoms with Crippen molar-refractivity contribution in [3.8, 4) is 5.75 Å². The molecule has 2 aromatic carbocycles. The topological polar surface area (TPSA) is 58.6 Å². The van der Waals surface area contributed by atoms with E-state index in [0.717, 1.165) is 5.56 Å². The van der Waals surface area contributed by atoms with E-state index in [1.807, 2.05) is 30.3 Å². The van der Waals surface area contributed by atoms with Crippen LogP contribution in [0, 0.1) is 0 Å². The molecule has 0 saturated heterocycles. The Hall–Kier alpha value is -3.08. The summed E-state index contributed by atoms with van der Waals surface area (Å²) >= 11 is 0. The molecule has 5 heteroatoms. The third kappa shape index (κ3) is 3.94. The maximum atomic E-state index is 12.3. The number of aryl methyl sites for hydroxylation is 1. The van der Waals surface area contributed by atoms with Crippen LogP contribution in [0.2, 0.25) is 0 Å². The molecule has 2 aromatic rings. The number of nitrogens with zero attached hydrogens (tertiary/aromatic N) is 1. The first kappa shape index (κ1) is 17.7. The fourth-order valence-corrected chi connectivity index (χ4v) is 2.93. The normalized spacial score (nSPS) is 15.8. The third-order valence-electron chi connectivity index (χ3n) is 4.25. The second kappa shape index (κ2) is 7.87. The molecule has 0 spiro atoms. The van der Waals surface area contributed by atoms with Gasteiger partial charge in [0.1, 0.15) is 5.75 Å². The largest absolute Gasteiger partial charge is 0.479 e. The molecule has 5 nitrogen and oxygen atoms in total. The Morgan fingerprint density at radius 3 is 2.77 bits per heavy atom. The zero-order valence-electron chi connectivity index (χ0n) is 14.8. The number of amides is 2. The summed E-state index contributed by atoms with van der Waals surface area (Å²) in [4.78, 5) is 26.2. The number of hydrogen-bond donors (Lipinski definition) is 1. The van der Waals surface area contributed by atoms with Crippen molar-refractivity contribution in [3.05, 3.63) is 66.7 Å². The summed E-state index contributed by atoms with van der Waals surface area (Å²) in [5, 5.41) is 2.89. The molecule has 1 heterocycles. The van der Waals surface area contributed by atoms with Crippen molar-refractivity contribution < 1.29 is 14.3 Å². The Balaban J connectivity index is 1.70. The van der Waals surface area contributed by atoms with Gasteiger partial charge in [-0.1, -0.05) is 36.4 Å². The second-order valence-corrected chi connectivity index (χ2v) is 6.21. The summed E-state index contributed by atoms with van der Waals surface area (Å²) in [6, 6.07) is 15.2. The maximum Gasteiger partial charge on any atom is 0.268 e. The van der Waals surface area contributed by atoms with Crippen LogP contribution >= 0.6 is 0 Å². The Kier molecular flexibility index (Phi) is 5.37. The Labute approximate surface area is 153 Å². The van der Waals surface area contributed by atoms with Gasteiger partial charge in [0, 0.05) is 18.7 Å². The highest BCUT2D eigenvalue weighted by Gasteiger charge is 2.30. The highest BCUT2D eigenvalue weighted by atomic mass is 16.5. The lowest BCUT2D eigenvalue weighted by Crippen LogP contribution is -2.44. The minimum atomic E-state index is -0.534. The predicted octanol–water partition coefficient (Wildman–Crippen LogP) is 3.56. The van der Waals surface area contributed by atoms with Crippen LogP contribution in [0.5, 0.6) is 5.75 Å². The van der Waals surface area contributed by atoms with E-state index in [1.54, 1.807) is 36.1 Å². The van der Waals surface area contributed by atoms with Crippen LogP contribution in [0.15, 0.2) is 61.2 Å². The van der Waals surface area contributed by atoms with Crippen LogP contribution in [-0.4, -0.2) is 24.5 Å². The summed E-state index contributed by atoms with van der Waals surface area (Å²) in [6.45, 7) is 5.82. The van der Waals surface area contributed by atoms with Crippen LogP contribution in [0.25, 0.3) is 0 Å². The smallest absolute Gasteiger partial charge is 0.268 e. The first-order valence-corrected chi connectivity index (χ1v) is 8.65. The van der Waals surface area contributed by atoms with Crippen molar-refractivity contribution >= 4 is 23.2 Å². The fraction of sp³-hybridized carbons (Fsp3) is 0.238. The monoisotopic (exact) mass is 350 g/mol. The van der Waals surface area contributed by atoms with Gasteiger partial charge in [-0.2, -0.15) is 0 Å². The molecule has 0 radical (unpaired) electrons. The van der Waals surface area contributed by atoms with Gasteiger partial charge in [0.25, 0.3) is 5.91 Å². The number of ether oxygens (including phenoxy) is 1. The molecule has 1 N–H and O–H groups in total. The zero-order chi connectivity index (χ0) is 18.5. The third-order valence-corrected chi connectivity index (χ3v) is 4.25. The summed E-state index contributed by atoms with van der Waals surface area (Å²) in [6.07, 6.45) is 2.21. The van der Waals surface area contributed by atoms with Crippen molar-refractivity contribution in [1.29, 1.82) is 0 Å². The highest BCUT2D eigenvalue weighted by Crippen LogP contribution is 2.36. The Bertz CT molecular complexity index is 817. The molecular weight excluding hydrogens is 328 g/mol. The predicted molar refractivity (Wildman–Crippen MR) is 102 cm³/mol. The summed E-state index contributed by atoms with van der Waals surface area (Å²) < 4.78 is 5.65. The molecular formula is C21H22N2O3. The van der Waals surface area contributed by atoms with Crippen molar-refractivity contribution in [2.45, 2.75) is 25.9 Å². The lowest BCUT2D eigenvalue weighted by Gasteiger charge is -2.32. The summed E-state index contributed by atoms with van der Waals surface area (Å²) in [5.41, 5.74) is 2.41. The molecule has 0 aliphatic carbocycles. The van der Waals surface area contributed by atoms with E-state index >= 15 is 0 Å². The van der Waals surface area contributed by atoms with Crippen molar-refractivity contribution in [2.75, 3.05) is 16.8 Å². The van der Waals surface area contributed by atoms with E-state index < -0.39 is 6.10 Å². The molecule has 0 bridgehead atoms. The minimum absolute atomic E-state index is 0.0690. The standard InChI is InChI=1S/C21H22N2O3/c1-3-13-23-18-14-17(10-11-19(18)26-15(2)21(23)25)22-20(24)12-9-16-7-5-4-6-8-16/h3-8,10-11,14-15H,1,9,12-13H2,2H3,(H,22,24). The highest BCUT2D eigenvalue weighted by molar-refractivity contribution is 6.01. The number of benzene rings is 2. The number of anilines is 2. The van der Waals surface area contributed by atoms with Gasteiger partial charge in [-0.25, -0.2) is 0 Å². The molecule has 3 rings (SSSR count). The molecule has 1 aliphatic rings. The van der Waals surface area contributed by atoms with Gasteiger partial charge >= 0.3 is 0 Å². The number of nitrogens with one attached hydrogen (secondary N) is 1. The quantitative estimate of drug-likeness (QED) is 0.811. The van der Waals surface area contributed by atoms with Crippen molar-refractivity contribution in [2.24, 2.45) is 0 Å². The van der Waals surface area contributed by atoms with Gasteiger partial charge in [0.2, 0.25) is 5.91 Å².